The zero-order valence-corrected chi connectivity index (χ0v) is 9.09. The van der Waals surface area contributed by atoms with Crippen LogP contribution in [0.25, 0.3) is 0 Å². The van der Waals surface area contributed by atoms with E-state index in [1.165, 1.54) is 6.42 Å². The van der Waals surface area contributed by atoms with E-state index in [0.717, 1.165) is 35.0 Å². The summed E-state index contributed by atoms with van der Waals surface area (Å²) >= 11 is 0. The Labute approximate surface area is 76.7 Å². The topological polar surface area (TPSA) is 0 Å². The lowest BCUT2D eigenvalue weighted by Crippen LogP contribution is -2.41. The highest BCUT2D eigenvalue weighted by molar-refractivity contribution is 5.17. The van der Waals surface area contributed by atoms with Gasteiger partial charge in [0.2, 0.25) is 0 Å². The Kier molecular flexibility index (Phi) is 1.63. The first-order valence-corrected chi connectivity index (χ1v) is 5.51. The minimum atomic E-state index is 0.801. The molecule has 70 valence electrons. The normalized spacial score (nSPS) is 57.5. The van der Waals surface area contributed by atoms with Crippen molar-refractivity contribution < 1.29 is 0 Å². The van der Waals surface area contributed by atoms with Gasteiger partial charge in [0.15, 0.2) is 0 Å². The van der Waals surface area contributed by atoms with E-state index in [1.54, 1.807) is 0 Å². The highest BCUT2D eigenvalue weighted by atomic mass is 14.7. The fourth-order valence-corrected chi connectivity index (χ4v) is 3.92. The lowest BCUT2D eigenvalue weighted by molar-refractivity contribution is 0.00785. The summed E-state index contributed by atoms with van der Waals surface area (Å²) in [6, 6.07) is 0. The summed E-state index contributed by atoms with van der Waals surface area (Å²) in [5, 5.41) is 0. The maximum atomic E-state index is 2.48. The summed E-state index contributed by atoms with van der Waals surface area (Å²) in [4.78, 5) is 0. The van der Waals surface area contributed by atoms with Crippen molar-refractivity contribution >= 4 is 0 Å². The largest absolute Gasteiger partial charge is 0.0625 e. The molecule has 0 saturated heterocycles. The van der Waals surface area contributed by atoms with E-state index in [9.17, 15) is 0 Å². The van der Waals surface area contributed by atoms with Crippen molar-refractivity contribution in [1.82, 2.24) is 0 Å². The van der Waals surface area contributed by atoms with Crippen LogP contribution in [0, 0.1) is 35.0 Å². The SMILES string of the molecule is CC(C)C1CC2(C1C)C(C)C2C. The first kappa shape index (κ1) is 8.59. The van der Waals surface area contributed by atoms with Gasteiger partial charge in [0.05, 0.1) is 0 Å². The van der Waals surface area contributed by atoms with Gasteiger partial charge in [-0.2, -0.15) is 0 Å². The van der Waals surface area contributed by atoms with E-state index in [0.29, 0.717) is 0 Å². The molecule has 1 spiro atoms. The zero-order chi connectivity index (χ0) is 9.09. The molecule has 4 unspecified atom stereocenters. The van der Waals surface area contributed by atoms with E-state index >= 15 is 0 Å². The second kappa shape index (κ2) is 2.27. The Morgan fingerprint density at radius 2 is 1.50 bits per heavy atom. The molecule has 4 atom stereocenters. The molecule has 2 rings (SSSR count). The van der Waals surface area contributed by atoms with Crippen LogP contribution in [0.5, 0.6) is 0 Å². The van der Waals surface area contributed by atoms with Gasteiger partial charge >= 0.3 is 0 Å². The molecule has 2 fully saturated rings. The Balaban J connectivity index is 2.02. The summed E-state index contributed by atoms with van der Waals surface area (Å²) in [6.07, 6.45) is 1.52. The van der Waals surface area contributed by atoms with Gasteiger partial charge in [-0.25, -0.2) is 0 Å². The lowest BCUT2D eigenvalue weighted by atomic mass is 9.57. The van der Waals surface area contributed by atoms with Gasteiger partial charge in [-0.05, 0) is 41.4 Å². The van der Waals surface area contributed by atoms with Gasteiger partial charge < -0.3 is 0 Å². The molecule has 0 bridgehead atoms. The Morgan fingerprint density at radius 1 is 1.00 bits per heavy atom. The predicted octanol–water partition coefficient (Wildman–Crippen LogP) is 3.57. The van der Waals surface area contributed by atoms with Crippen molar-refractivity contribution in [3.63, 3.8) is 0 Å². The van der Waals surface area contributed by atoms with Crippen molar-refractivity contribution in [3.05, 3.63) is 0 Å². The molecular weight excluding hydrogens is 144 g/mol. The highest BCUT2D eigenvalue weighted by Gasteiger charge is 2.69. The second-order valence-electron chi connectivity index (χ2n) is 5.59. The third kappa shape index (κ3) is 0.744. The average Bonchev–Trinajstić information content (AvgIpc) is 2.53. The van der Waals surface area contributed by atoms with Crippen LogP contribution in [0.2, 0.25) is 0 Å². The van der Waals surface area contributed by atoms with Crippen LogP contribution < -0.4 is 0 Å². The van der Waals surface area contributed by atoms with Crippen LogP contribution in [0.15, 0.2) is 0 Å². The number of hydrogen-bond acceptors (Lipinski definition) is 0. The molecule has 0 nitrogen and oxygen atoms in total. The Bertz CT molecular complexity index is 184. The van der Waals surface area contributed by atoms with E-state index < -0.39 is 0 Å². The fourth-order valence-electron chi connectivity index (χ4n) is 3.92. The fraction of sp³-hybridized carbons (Fsp3) is 1.00. The van der Waals surface area contributed by atoms with Crippen LogP contribution >= 0.6 is 0 Å². The summed E-state index contributed by atoms with van der Waals surface area (Å²) < 4.78 is 0. The van der Waals surface area contributed by atoms with Crippen molar-refractivity contribution in [3.8, 4) is 0 Å². The van der Waals surface area contributed by atoms with Crippen LogP contribution in [0.4, 0.5) is 0 Å². The lowest BCUT2D eigenvalue weighted by Gasteiger charge is -2.48. The van der Waals surface area contributed by atoms with Crippen molar-refractivity contribution in [2.75, 3.05) is 0 Å². The average molecular weight is 166 g/mol. The standard InChI is InChI=1S/C12H22/c1-7(2)11-6-12(10(11)5)8(3)9(12)4/h7-11H,6H2,1-5H3. The predicted molar refractivity (Wildman–Crippen MR) is 52.9 cm³/mol. The monoisotopic (exact) mass is 166 g/mol. The van der Waals surface area contributed by atoms with Gasteiger partial charge in [-0.15, -0.1) is 0 Å². The quantitative estimate of drug-likeness (QED) is 0.558. The molecule has 0 aromatic heterocycles. The molecule has 2 aliphatic rings. The summed E-state index contributed by atoms with van der Waals surface area (Å²) in [7, 11) is 0. The first-order chi connectivity index (χ1) is 5.51. The van der Waals surface area contributed by atoms with Gasteiger partial charge in [0.25, 0.3) is 0 Å². The molecule has 0 radical (unpaired) electrons. The van der Waals surface area contributed by atoms with Crippen LogP contribution in [-0.2, 0) is 0 Å². The van der Waals surface area contributed by atoms with Gasteiger partial charge in [0.1, 0.15) is 0 Å². The molecule has 0 N–H and O–H groups in total. The number of rotatable bonds is 1. The Hall–Kier alpha value is 0. The smallest absolute Gasteiger partial charge is 0.0209 e. The maximum absolute atomic E-state index is 2.48. The molecule has 0 aromatic carbocycles. The van der Waals surface area contributed by atoms with Gasteiger partial charge in [-0.1, -0.05) is 34.6 Å². The van der Waals surface area contributed by atoms with Crippen LogP contribution in [-0.4, -0.2) is 0 Å². The summed E-state index contributed by atoms with van der Waals surface area (Å²) in [6.45, 7) is 12.1. The second-order valence-corrected chi connectivity index (χ2v) is 5.59. The summed E-state index contributed by atoms with van der Waals surface area (Å²) in [5.41, 5.74) is 0.801. The van der Waals surface area contributed by atoms with E-state index in [2.05, 4.69) is 34.6 Å². The van der Waals surface area contributed by atoms with E-state index in [1.807, 2.05) is 0 Å². The van der Waals surface area contributed by atoms with Crippen LogP contribution in [0.3, 0.4) is 0 Å². The van der Waals surface area contributed by atoms with E-state index in [4.69, 9.17) is 0 Å². The first-order valence-electron chi connectivity index (χ1n) is 5.51. The van der Waals surface area contributed by atoms with Crippen molar-refractivity contribution in [1.29, 1.82) is 0 Å². The van der Waals surface area contributed by atoms with Gasteiger partial charge in [-0.3, -0.25) is 0 Å². The molecule has 2 aliphatic carbocycles. The molecule has 0 aromatic rings. The van der Waals surface area contributed by atoms with Crippen molar-refractivity contribution in [2.24, 2.45) is 35.0 Å². The van der Waals surface area contributed by atoms with Crippen LogP contribution in [0.1, 0.15) is 41.0 Å². The minimum absolute atomic E-state index is 0.801. The molecule has 12 heavy (non-hydrogen) atoms. The Morgan fingerprint density at radius 3 is 1.75 bits per heavy atom. The minimum Gasteiger partial charge on any atom is -0.0625 e. The maximum Gasteiger partial charge on any atom is -0.0209 e. The molecule has 0 amide bonds. The number of hydrogen-bond donors (Lipinski definition) is 0. The molecule has 0 aliphatic heterocycles. The molecule has 2 saturated carbocycles. The highest BCUT2D eigenvalue weighted by Crippen LogP contribution is 2.75. The third-order valence-corrected chi connectivity index (χ3v) is 5.27. The molecule has 0 heterocycles. The summed E-state index contributed by atoms with van der Waals surface area (Å²) in [5.74, 6) is 4.97. The zero-order valence-electron chi connectivity index (χ0n) is 9.09. The molecule has 0 heteroatoms. The van der Waals surface area contributed by atoms with E-state index in [-0.39, 0.29) is 0 Å². The third-order valence-electron chi connectivity index (χ3n) is 5.27. The van der Waals surface area contributed by atoms with Gasteiger partial charge in [0, 0.05) is 0 Å². The van der Waals surface area contributed by atoms with Crippen molar-refractivity contribution in [2.45, 2.75) is 41.0 Å². The molecular formula is C12H22.